The molecule has 0 saturated carbocycles. The van der Waals surface area contributed by atoms with Gasteiger partial charge in [-0.15, -0.1) is 0 Å². The van der Waals surface area contributed by atoms with Crippen molar-refractivity contribution in [3.05, 3.63) is 71.3 Å². The lowest BCUT2D eigenvalue weighted by Gasteiger charge is -2.17. The molecule has 25 heavy (non-hydrogen) atoms. The number of thioether (sulfide) groups is 1. The molecule has 2 aromatic rings. The molecule has 3 nitrogen and oxygen atoms in total. The van der Waals surface area contributed by atoms with Crippen LogP contribution in [0.2, 0.25) is 0 Å². The van der Waals surface area contributed by atoms with Gasteiger partial charge in [-0.25, -0.2) is 0 Å². The predicted molar refractivity (Wildman–Crippen MR) is 106 cm³/mol. The highest BCUT2D eigenvalue weighted by Crippen LogP contribution is 2.32. The zero-order valence-corrected chi connectivity index (χ0v) is 15.5. The first-order chi connectivity index (χ1) is 12.2. The lowest BCUT2D eigenvalue weighted by atomic mass is 9.89. The van der Waals surface area contributed by atoms with Crippen molar-refractivity contribution in [1.82, 2.24) is 4.90 Å². The first-order valence-electron chi connectivity index (χ1n) is 8.94. The number of carbonyl (C=O) groups is 1. The van der Waals surface area contributed by atoms with E-state index >= 15 is 0 Å². The van der Waals surface area contributed by atoms with E-state index in [2.05, 4.69) is 43.3 Å². The Bertz CT molecular complexity index is 687. The number of likely N-dealkylation sites (tertiary alicyclic amines) is 1. The van der Waals surface area contributed by atoms with E-state index in [1.807, 2.05) is 34.9 Å². The van der Waals surface area contributed by atoms with E-state index in [1.165, 1.54) is 11.1 Å². The molecule has 1 aliphatic heterocycles. The Morgan fingerprint density at radius 3 is 2.48 bits per heavy atom. The van der Waals surface area contributed by atoms with Crippen LogP contribution in [0.5, 0.6) is 0 Å². The van der Waals surface area contributed by atoms with Crippen molar-refractivity contribution in [1.29, 1.82) is 0 Å². The third-order valence-corrected chi connectivity index (χ3v) is 5.88. The highest BCUT2D eigenvalue weighted by Gasteiger charge is 2.35. The molecule has 132 valence electrons. The summed E-state index contributed by atoms with van der Waals surface area (Å²) in [5.74, 6) is 2.88. The molecule has 1 amide bonds. The Morgan fingerprint density at radius 1 is 1.12 bits per heavy atom. The molecule has 3 rings (SSSR count). The van der Waals surface area contributed by atoms with E-state index in [4.69, 9.17) is 5.73 Å². The first-order valence-corrected chi connectivity index (χ1v) is 10.1. The summed E-state index contributed by atoms with van der Waals surface area (Å²) < 4.78 is 0. The average Bonchev–Trinajstić information content (AvgIpc) is 3.11. The molecule has 2 aromatic carbocycles. The maximum Gasteiger partial charge on any atom is 0.253 e. The quantitative estimate of drug-likeness (QED) is 0.859. The Labute approximate surface area is 154 Å². The molecule has 2 atom stereocenters. The van der Waals surface area contributed by atoms with Gasteiger partial charge in [-0.2, -0.15) is 11.8 Å². The SMILES string of the molecule is CCSCc1ccc(C(=O)N2C[C@@H](CN)[C@H](c3ccccc3)C2)cc1. The Balaban J connectivity index is 1.70. The fourth-order valence-corrected chi connectivity index (χ4v) is 4.13. The summed E-state index contributed by atoms with van der Waals surface area (Å²) >= 11 is 1.89. The minimum Gasteiger partial charge on any atom is -0.338 e. The van der Waals surface area contributed by atoms with Crippen LogP contribution >= 0.6 is 11.8 Å². The molecule has 2 N–H and O–H groups in total. The first kappa shape index (κ1) is 18.0. The van der Waals surface area contributed by atoms with Crippen LogP contribution in [0.15, 0.2) is 54.6 Å². The van der Waals surface area contributed by atoms with Gasteiger partial charge >= 0.3 is 0 Å². The highest BCUT2D eigenvalue weighted by molar-refractivity contribution is 7.98. The Morgan fingerprint density at radius 2 is 1.84 bits per heavy atom. The maximum absolute atomic E-state index is 12.9. The molecule has 1 heterocycles. The minimum absolute atomic E-state index is 0.117. The van der Waals surface area contributed by atoms with E-state index in [0.717, 1.165) is 30.2 Å². The molecule has 1 aliphatic rings. The van der Waals surface area contributed by atoms with Crippen molar-refractivity contribution in [2.75, 3.05) is 25.4 Å². The summed E-state index contributed by atoms with van der Waals surface area (Å²) in [7, 11) is 0. The fraction of sp³-hybridized carbons (Fsp3) is 0.381. The Hall–Kier alpha value is -1.78. The summed E-state index contributed by atoms with van der Waals surface area (Å²) in [4.78, 5) is 14.9. The van der Waals surface area contributed by atoms with Crippen LogP contribution in [0.1, 0.15) is 34.3 Å². The van der Waals surface area contributed by atoms with Gasteiger partial charge in [0.05, 0.1) is 0 Å². The van der Waals surface area contributed by atoms with Gasteiger partial charge in [-0.3, -0.25) is 4.79 Å². The van der Waals surface area contributed by atoms with Gasteiger partial charge in [0.2, 0.25) is 0 Å². The molecule has 0 aliphatic carbocycles. The van der Waals surface area contributed by atoms with E-state index in [1.54, 1.807) is 0 Å². The molecule has 4 heteroatoms. The van der Waals surface area contributed by atoms with Crippen LogP contribution in [0, 0.1) is 5.92 Å². The van der Waals surface area contributed by atoms with Crippen molar-refractivity contribution in [2.24, 2.45) is 11.7 Å². The molecule has 0 aromatic heterocycles. The number of amides is 1. The smallest absolute Gasteiger partial charge is 0.253 e. The van der Waals surface area contributed by atoms with Crippen LogP contribution in [-0.2, 0) is 5.75 Å². The third kappa shape index (κ3) is 4.25. The number of nitrogens with two attached hydrogens (primary N) is 1. The van der Waals surface area contributed by atoms with Crippen LogP contribution in [0.3, 0.4) is 0 Å². The van der Waals surface area contributed by atoms with Crippen LogP contribution in [0.4, 0.5) is 0 Å². The fourth-order valence-electron chi connectivity index (χ4n) is 3.50. The van der Waals surface area contributed by atoms with Crippen LogP contribution in [-0.4, -0.2) is 36.2 Å². The molecular weight excluding hydrogens is 328 g/mol. The van der Waals surface area contributed by atoms with E-state index < -0.39 is 0 Å². The number of carbonyl (C=O) groups excluding carboxylic acids is 1. The maximum atomic E-state index is 12.9. The van der Waals surface area contributed by atoms with E-state index in [-0.39, 0.29) is 5.91 Å². The topological polar surface area (TPSA) is 46.3 Å². The zero-order chi connectivity index (χ0) is 17.6. The number of rotatable bonds is 6. The standard InChI is InChI=1S/C21H26N2OS/c1-2-25-15-16-8-10-18(11-9-16)21(24)23-13-19(12-22)20(14-23)17-6-4-3-5-7-17/h3-11,19-20H,2,12-15,22H2,1H3/t19-,20+/m1/s1. The zero-order valence-electron chi connectivity index (χ0n) is 14.7. The van der Waals surface area contributed by atoms with Gasteiger partial charge in [0.25, 0.3) is 5.91 Å². The second-order valence-corrected chi connectivity index (χ2v) is 7.83. The van der Waals surface area contributed by atoms with Gasteiger partial charge in [0, 0.05) is 30.3 Å². The predicted octanol–water partition coefficient (Wildman–Crippen LogP) is 3.75. The van der Waals surface area contributed by atoms with Crippen LogP contribution < -0.4 is 5.73 Å². The van der Waals surface area contributed by atoms with Gasteiger partial charge in [-0.1, -0.05) is 49.4 Å². The van der Waals surface area contributed by atoms with E-state index in [0.29, 0.717) is 18.4 Å². The van der Waals surface area contributed by atoms with E-state index in [9.17, 15) is 4.79 Å². The molecule has 1 fully saturated rings. The minimum atomic E-state index is 0.117. The second kappa shape index (κ2) is 8.54. The summed E-state index contributed by atoms with van der Waals surface area (Å²) in [6.07, 6.45) is 0. The van der Waals surface area contributed by atoms with Crippen molar-refractivity contribution in [3.8, 4) is 0 Å². The Kier molecular flexibility index (Phi) is 6.16. The highest BCUT2D eigenvalue weighted by atomic mass is 32.2. The number of hydrogen-bond acceptors (Lipinski definition) is 3. The van der Waals surface area contributed by atoms with Gasteiger partial charge < -0.3 is 10.6 Å². The van der Waals surface area contributed by atoms with Crippen molar-refractivity contribution in [3.63, 3.8) is 0 Å². The second-order valence-electron chi connectivity index (χ2n) is 6.56. The van der Waals surface area contributed by atoms with Crippen molar-refractivity contribution in [2.45, 2.75) is 18.6 Å². The average molecular weight is 355 g/mol. The summed E-state index contributed by atoms with van der Waals surface area (Å²) in [5.41, 5.74) is 9.31. The normalized spacial score (nSPS) is 20.0. The monoisotopic (exact) mass is 354 g/mol. The van der Waals surface area contributed by atoms with Gasteiger partial charge in [-0.05, 0) is 41.5 Å². The van der Waals surface area contributed by atoms with Gasteiger partial charge in [0.1, 0.15) is 0 Å². The van der Waals surface area contributed by atoms with Crippen molar-refractivity contribution < 1.29 is 4.79 Å². The molecular formula is C21H26N2OS. The number of hydrogen-bond donors (Lipinski definition) is 1. The third-order valence-electron chi connectivity index (χ3n) is 4.93. The molecule has 0 spiro atoms. The largest absolute Gasteiger partial charge is 0.338 e. The summed E-state index contributed by atoms with van der Waals surface area (Å²) in [6.45, 7) is 4.25. The molecule has 0 unspecified atom stereocenters. The molecule has 0 bridgehead atoms. The molecule has 1 saturated heterocycles. The van der Waals surface area contributed by atoms with Crippen LogP contribution in [0.25, 0.3) is 0 Å². The molecule has 0 radical (unpaired) electrons. The van der Waals surface area contributed by atoms with Gasteiger partial charge in [0.15, 0.2) is 0 Å². The summed E-state index contributed by atoms with van der Waals surface area (Å²) in [5, 5.41) is 0. The summed E-state index contributed by atoms with van der Waals surface area (Å²) in [6, 6.07) is 18.5. The lowest BCUT2D eigenvalue weighted by Crippen LogP contribution is -2.29. The number of benzene rings is 2. The lowest BCUT2D eigenvalue weighted by molar-refractivity contribution is 0.0786. The van der Waals surface area contributed by atoms with Crippen molar-refractivity contribution >= 4 is 17.7 Å². The number of nitrogens with zero attached hydrogens (tertiary/aromatic N) is 1.